The fraction of sp³-hybridized carbons (Fsp3) is 0.467. The number of aromatic nitrogens is 2. The molecular weight excluding hydrogens is 296 g/mol. The lowest BCUT2D eigenvalue weighted by Gasteiger charge is -2.29. The molecule has 3 nitrogen and oxygen atoms in total. The molecule has 1 N–H and O–H groups in total. The van der Waals surface area contributed by atoms with Crippen molar-refractivity contribution in [1.29, 1.82) is 0 Å². The van der Waals surface area contributed by atoms with Crippen molar-refractivity contribution in [3.63, 3.8) is 0 Å². The molecule has 0 unspecified atom stereocenters. The van der Waals surface area contributed by atoms with Gasteiger partial charge in [0.2, 0.25) is 5.92 Å². The van der Waals surface area contributed by atoms with Crippen LogP contribution in [0.15, 0.2) is 24.3 Å². The monoisotopic (exact) mass is 311 g/mol. The summed E-state index contributed by atoms with van der Waals surface area (Å²) < 4.78 is 26.3. The van der Waals surface area contributed by atoms with Gasteiger partial charge in [-0.3, -0.25) is 0 Å². The highest BCUT2D eigenvalue weighted by molar-refractivity contribution is 6.29. The van der Waals surface area contributed by atoms with Gasteiger partial charge in [-0.15, -0.1) is 0 Å². The van der Waals surface area contributed by atoms with Crippen LogP contribution in [-0.2, 0) is 0 Å². The lowest BCUT2D eigenvalue weighted by Crippen LogP contribution is -2.32. The second-order valence-electron chi connectivity index (χ2n) is 5.50. The van der Waals surface area contributed by atoms with Crippen LogP contribution in [0.2, 0.25) is 5.15 Å². The Morgan fingerprint density at radius 3 is 2.67 bits per heavy atom. The summed E-state index contributed by atoms with van der Waals surface area (Å²) in [5.41, 5.74) is 1.01. The molecule has 2 aliphatic carbocycles. The highest BCUT2D eigenvalue weighted by Gasteiger charge is 2.34. The minimum absolute atomic E-state index is 0.0131. The number of nitrogens with zero attached hydrogens (tertiary/aromatic N) is 2. The smallest absolute Gasteiger partial charge is 0.248 e. The zero-order valence-corrected chi connectivity index (χ0v) is 12.2. The van der Waals surface area contributed by atoms with Crippen LogP contribution in [0, 0.1) is 0 Å². The number of rotatable bonds is 3. The Balaban J connectivity index is 1.71. The van der Waals surface area contributed by atoms with Crippen molar-refractivity contribution < 1.29 is 8.78 Å². The molecule has 112 valence electrons. The molecule has 21 heavy (non-hydrogen) atoms. The summed E-state index contributed by atoms with van der Waals surface area (Å²) in [5.74, 6) is -1.32. The van der Waals surface area contributed by atoms with Crippen molar-refractivity contribution in [3.8, 4) is 0 Å². The van der Waals surface area contributed by atoms with Gasteiger partial charge in [-0.2, -0.15) is 0 Å². The molecule has 2 aliphatic rings. The van der Waals surface area contributed by atoms with Gasteiger partial charge >= 0.3 is 0 Å². The van der Waals surface area contributed by atoms with Crippen LogP contribution in [-0.4, -0.2) is 21.9 Å². The van der Waals surface area contributed by atoms with Crippen molar-refractivity contribution in [3.05, 3.63) is 35.3 Å². The number of alkyl halides is 2. The fourth-order valence-corrected chi connectivity index (χ4v) is 2.83. The third-order valence-corrected chi connectivity index (χ3v) is 4.02. The molecule has 0 radical (unpaired) electrons. The van der Waals surface area contributed by atoms with E-state index < -0.39 is 5.92 Å². The Hall–Kier alpha value is -1.49. The van der Waals surface area contributed by atoms with Crippen LogP contribution >= 0.6 is 11.6 Å². The van der Waals surface area contributed by atoms with E-state index in [9.17, 15) is 8.78 Å². The summed E-state index contributed by atoms with van der Waals surface area (Å²) >= 11 is 6.03. The summed E-state index contributed by atoms with van der Waals surface area (Å²) in [6, 6.07) is 1.65. The van der Waals surface area contributed by atoms with Gasteiger partial charge in [-0.25, -0.2) is 18.7 Å². The molecule has 1 saturated carbocycles. The Bertz CT molecular complexity index is 589. The molecule has 0 saturated heterocycles. The lowest BCUT2D eigenvalue weighted by molar-refractivity contribution is -0.0361. The van der Waals surface area contributed by atoms with Crippen LogP contribution in [0.4, 0.5) is 14.6 Å². The minimum atomic E-state index is -2.52. The second kappa shape index (κ2) is 5.72. The lowest BCUT2D eigenvalue weighted by atomic mass is 9.92. The van der Waals surface area contributed by atoms with Crippen LogP contribution < -0.4 is 5.32 Å². The van der Waals surface area contributed by atoms with E-state index in [-0.39, 0.29) is 18.9 Å². The summed E-state index contributed by atoms with van der Waals surface area (Å²) in [6.07, 6.45) is 7.44. The predicted molar refractivity (Wildman–Crippen MR) is 79.6 cm³/mol. The zero-order valence-electron chi connectivity index (χ0n) is 11.5. The Kier molecular flexibility index (Phi) is 3.93. The van der Waals surface area contributed by atoms with Crippen LogP contribution in [0.3, 0.4) is 0 Å². The largest absolute Gasteiger partial charge is 0.367 e. The average Bonchev–Trinajstić information content (AvgIpc) is 2.95. The Labute approximate surface area is 127 Å². The second-order valence-corrected chi connectivity index (χ2v) is 5.89. The van der Waals surface area contributed by atoms with Crippen LogP contribution in [0.25, 0.3) is 5.57 Å². The fourth-order valence-electron chi connectivity index (χ4n) is 2.64. The normalized spacial score (nSPS) is 21.4. The SMILES string of the molecule is FC1(F)CCC(Nc2cc(Cl)nc(C3=CC=CC3)n2)CC1. The van der Waals surface area contributed by atoms with E-state index in [1.54, 1.807) is 6.07 Å². The maximum Gasteiger partial charge on any atom is 0.248 e. The maximum atomic E-state index is 13.2. The van der Waals surface area contributed by atoms with E-state index in [1.807, 2.05) is 18.2 Å². The molecule has 1 heterocycles. The van der Waals surface area contributed by atoms with Gasteiger partial charge in [-0.1, -0.05) is 29.8 Å². The van der Waals surface area contributed by atoms with Gasteiger partial charge in [-0.05, 0) is 19.3 Å². The van der Waals surface area contributed by atoms with Crippen molar-refractivity contribution >= 4 is 23.0 Å². The van der Waals surface area contributed by atoms with Gasteiger partial charge in [0.15, 0.2) is 5.82 Å². The molecule has 0 amide bonds. The first-order valence-electron chi connectivity index (χ1n) is 7.07. The molecule has 0 bridgehead atoms. The van der Waals surface area contributed by atoms with E-state index in [0.29, 0.717) is 29.6 Å². The topological polar surface area (TPSA) is 37.8 Å². The first kappa shape index (κ1) is 14.4. The summed E-state index contributed by atoms with van der Waals surface area (Å²) in [7, 11) is 0. The first-order valence-corrected chi connectivity index (χ1v) is 7.45. The molecule has 1 aromatic rings. The number of anilines is 1. The van der Waals surface area contributed by atoms with Crippen LogP contribution in [0.5, 0.6) is 0 Å². The molecule has 0 aliphatic heterocycles. The van der Waals surface area contributed by atoms with E-state index in [1.165, 1.54) is 0 Å². The third kappa shape index (κ3) is 3.59. The maximum absolute atomic E-state index is 13.2. The number of nitrogens with one attached hydrogen (secondary N) is 1. The molecule has 1 aromatic heterocycles. The van der Waals surface area contributed by atoms with Gasteiger partial charge in [0, 0.05) is 30.5 Å². The molecule has 6 heteroatoms. The number of hydrogen-bond acceptors (Lipinski definition) is 3. The molecule has 3 rings (SSSR count). The van der Waals surface area contributed by atoms with E-state index in [4.69, 9.17) is 11.6 Å². The summed E-state index contributed by atoms with van der Waals surface area (Å²) in [4.78, 5) is 8.66. The highest BCUT2D eigenvalue weighted by atomic mass is 35.5. The van der Waals surface area contributed by atoms with Gasteiger partial charge in [0.25, 0.3) is 0 Å². The van der Waals surface area contributed by atoms with Crippen molar-refractivity contribution in [2.75, 3.05) is 5.32 Å². The summed E-state index contributed by atoms with van der Waals surface area (Å²) in [5, 5.41) is 3.56. The third-order valence-electron chi connectivity index (χ3n) is 3.82. The van der Waals surface area contributed by atoms with E-state index >= 15 is 0 Å². The molecular formula is C15H16ClF2N3. The average molecular weight is 312 g/mol. The summed E-state index contributed by atoms with van der Waals surface area (Å²) in [6.45, 7) is 0. The molecule has 0 atom stereocenters. The van der Waals surface area contributed by atoms with Gasteiger partial charge in [0.05, 0.1) is 0 Å². The standard InChI is InChI=1S/C15H16ClF2N3/c16-12-9-13(19-11-5-7-15(17,18)8-6-11)21-14(20-12)10-3-1-2-4-10/h1-3,9,11H,4-8H2,(H,19,20,21). The first-order chi connectivity index (χ1) is 10.0. The molecule has 0 spiro atoms. The number of halogens is 3. The molecule has 1 fully saturated rings. The van der Waals surface area contributed by atoms with Crippen molar-refractivity contribution in [1.82, 2.24) is 9.97 Å². The minimum Gasteiger partial charge on any atom is -0.367 e. The van der Waals surface area contributed by atoms with E-state index in [2.05, 4.69) is 15.3 Å². The number of hydrogen-bond donors (Lipinski definition) is 1. The van der Waals surface area contributed by atoms with Gasteiger partial charge in [0.1, 0.15) is 11.0 Å². The number of allylic oxidation sites excluding steroid dienone is 4. The predicted octanol–water partition coefficient (Wildman–Crippen LogP) is 4.46. The van der Waals surface area contributed by atoms with Gasteiger partial charge < -0.3 is 5.32 Å². The van der Waals surface area contributed by atoms with Crippen molar-refractivity contribution in [2.45, 2.75) is 44.1 Å². The quantitative estimate of drug-likeness (QED) is 0.837. The Morgan fingerprint density at radius 1 is 1.24 bits per heavy atom. The zero-order chi connectivity index (χ0) is 14.9. The molecule has 0 aromatic carbocycles. The van der Waals surface area contributed by atoms with Crippen LogP contribution in [0.1, 0.15) is 37.9 Å². The highest BCUT2D eigenvalue weighted by Crippen LogP contribution is 2.34. The van der Waals surface area contributed by atoms with Crippen molar-refractivity contribution in [2.24, 2.45) is 0 Å². The Morgan fingerprint density at radius 2 is 2.00 bits per heavy atom. The van der Waals surface area contributed by atoms with E-state index in [0.717, 1.165) is 12.0 Å².